The second-order valence-electron chi connectivity index (χ2n) is 5.04. The summed E-state index contributed by atoms with van der Waals surface area (Å²) in [6.07, 6.45) is 0. The molecule has 0 saturated heterocycles. The van der Waals surface area contributed by atoms with Crippen molar-refractivity contribution in [2.24, 2.45) is 0 Å². The zero-order chi connectivity index (χ0) is 15.1. The monoisotopic (exact) mass is 322 g/mol. The molecule has 0 amide bonds. The van der Waals surface area contributed by atoms with E-state index >= 15 is 0 Å². The van der Waals surface area contributed by atoms with Crippen LogP contribution in [0.15, 0.2) is 30.3 Å². The van der Waals surface area contributed by atoms with Crippen molar-refractivity contribution < 1.29 is 4.39 Å². The fraction of sp³-hybridized carbons (Fsp3) is 0.188. The zero-order valence-corrected chi connectivity index (χ0v) is 13.1. The number of aromatic nitrogens is 2. The third-order valence-electron chi connectivity index (χ3n) is 3.48. The van der Waals surface area contributed by atoms with Crippen LogP contribution in [0.5, 0.6) is 0 Å². The van der Waals surface area contributed by atoms with Crippen LogP contribution in [0.1, 0.15) is 17.0 Å². The Morgan fingerprint density at radius 3 is 2.62 bits per heavy atom. The molecule has 0 aliphatic heterocycles. The SMILES string of the molecule is Cc1ccc(-n2c(CCl)nc3cc(F)c(Cl)cc32)c(C)c1. The van der Waals surface area contributed by atoms with Crippen molar-refractivity contribution in [3.63, 3.8) is 0 Å². The number of halogens is 3. The van der Waals surface area contributed by atoms with Crippen LogP contribution in [0, 0.1) is 19.7 Å². The first-order chi connectivity index (χ1) is 10.0. The second-order valence-corrected chi connectivity index (χ2v) is 5.72. The molecule has 0 radical (unpaired) electrons. The van der Waals surface area contributed by atoms with E-state index in [0.29, 0.717) is 11.3 Å². The molecule has 108 valence electrons. The van der Waals surface area contributed by atoms with Crippen LogP contribution in [-0.4, -0.2) is 9.55 Å². The fourth-order valence-electron chi connectivity index (χ4n) is 2.54. The summed E-state index contributed by atoms with van der Waals surface area (Å²) < 4.78 is 15.5. The summed E-state index contributed by atoms with van der Waals surface area (Å²) >= 11 is 11.9. The van der Waals surface area contributed by atoms with Crippen molar-refractivity contribution in [3.8, 4) is 5.69 Å². The van der Waals surface area contributed by atoms with Crippen molar-refractivity contribution >= 4 is 34.2 Å². The molecule has 0 spiro atoms. The number of hydrogen-bond donors (Lipinski definition) is 0. The minimum atomic E-state index is -0.476. The fourth-order valence-corrected chi connectivity index (χ4v) is 2.87. The number of hydrogen-bond acceptors (Lipinski definition) is 1. The molecular formula is C16H13Cl2FN2. The van der Waals surface area contributed by atoms with Crippen LogP contribution >= 0.6 is 23.2 Å². The molecule has 0 fully saturated rings. The highest BCUT2D eigenvalue weighted by Crippen LogP contribution is 2.29. The lowest BCUT2D eigenvalue weighted by Crippen LogP contribution is -2.01. The van der Waals surface area contributed by atoms with E-state index in [1.807, 2.05) is 30.5 Å². The third kappa shape index (κ3) is 2.41. The largest absolute Gasteiger partial charge is 0.295 e. The van der Waals surface area contributed by atoms with E-state index in [0.717, 1.165) is 16.8 Å². The third-order valence-corrected chi connectivity index (χ3v) is 4.01. The highest BCUT2D eigenvalue weighted by Gasteiger charge is 2.15. The van der Waals surface area contributed by atoms with E-state index in [1.54, 1.807) is 6.07 Å². The number of imidazole rings is 1. The van der Waals surface area contributed by atoms with E-state index in [-0.39, 0.29) is 10.9 Å². The Labute approximate surface area is 132 Å². The predicted molar refractivity (Wildman–Crippen MR) is 85.1 cm³/mol. The molecule has 2 nitrogen and oxygen atoms in total. The summed E-state index contributed by atoms with van der Waals surface area (Å²) in [7, 11) is 0. The molecule has 0 aliphatic rings. The van der Waals surface area contributed by atoms with Crippen molar-refractivity contribution in [1.82, 2.24) is 9.55 Å². The predicted octanol–water partition coefficient (Wildman–Crippen LogP) is 5.17. The normalized spacial score (nSPS) is 11.3. The summed E-state index contributed by atoms with van der Waals surface area (Å²) in [6, 6.07) is 9.06. The van der Waals surface area contributed by atoms with Gasteiger partial charge in [-0.1, -0.05) is 29.3 Å². The number of benzene rings is 2. The van der Waals surface area contributed by atoms with Gasteiger partial charge in [0.05, 0.1) is 27.6 Å². The number of aryl methyl sites for hydroxylation is 2. The van der Waals surface area contributed by atoms with Gasteiger partial charge in [0, 0.05) is 6.07 Å². The van der Waals surface area contributed by atoms with Gasteiger partial charge in [0.25, 0.3) is 0 Å². The Morgan fingerprint density at radius 2 is 1.95 bits per heavy atom. The molecule has 3 aromatic rings. The van der Waals surface area contributed by atoms with Gasteiger partial charge in [-0.25, -0.2) is 9.37 Å². The quantitative estimate of drug-likeness (QED) is 0.595. The number of fused-ring (bicyclic) bond motifs is 1. The Hall–Kier alpha value is -1.58. The van der Waals surface area contributed by atoms with Crippen molar-refractivity contribution in [2.75, 3.05) is 0 Å². The topological polar surface area (TPSA) is 17.8 Å². The van der Waals surface area contributed by atoms with Gasteiger partial charge >= 0.3 is 0 Å². The molecule has 0 aliphatic carbocycles. The summed E-state index contributed by atoms with van der Waals surface area (Å²) in [5, 5.41) is 0.0783. The molecule has 3 rings (SSSR count). The molecular weight excluding hydrogens is 310 g/mol. The van der Waals surface area contributed by atoms with Gasteiger partial charge in [-0.3, -0.25) is 4.57 Å². The van der Waals surface area contributed by atoms with E-state index < -0.39 is 5.82 Å². The second kappa shape index (κ2) is 5.32. The lowest BCUT2D eigenvalue weighted by molar-refractivity contribution is 0.630. The Balaban J connectivity index is 2.37. The summed E-state index contributed by atoms with van der Waals surface area (Å²) in [4.78, 5) is 4.41. The van der Waals surface area contributed by atoms with E-state index in [1.165, 1.54) is 11.6 Å². The maximum atomic E-state index is 13.6. The van der Waals surface area contributed by atoms with E-state index in [4.69, 9.17) is 23.2 Å². The van der Waals surface area contributed by atoms with Gasteiger partial charge in [0.15, 0.2) is 0 Å². The zero-order valence-electron chi connectivity index (χ0n) is 11.6. The van der Waals surface area contributed by atoms with Gasteiger partial charge in [0.2, 0.25) is 0 Å². The van der Waals surface area contributed by atoms with Crippen LogP contribution in [0.3, 0.4) is 0 Å². The van der Waals surface area contributed by atoms with E-state index in [9.17, 15) is 4.39 Å². The summed E-state index contributed by atoms with van der Waals surface area (Å²) in [6.45, 7) is 4.06. The lowest BCUT2D eigenvalue weighted by atomic mass is 10.1. The number of rotatable bonds is 2. The van der Waals surface area contributed by atoms with Crippen molar-refractivity contribution in [2.45, 2.75) is 19.7 Å². The molecule has 5 heteroatoms. The van der Waals surface area contributed by atoms with Crippen molar-refractivity contribution in [3.05, 3.63) is 58.1 Å². The van der Waals surface area contributed by atoms with Gasteiger partial charge < -0.3 is 0 Å². The first-order valence-corrected chi connectivity index (χ1v) is 7.42. The first kappa shape index (κ1) is 14.4. The van der Waals surface area contributed by atoms with Crippen LogP contribution < -0.4 is 0 Å². The smallest absolute Gasteiger partial charge is 0.144 e. The van der Waals surface area contributed by atoms with Gasteiger partial charge in [0.1, 0.15) is 11.6 Å². The minimum absolute atomic E-state index is 0.0783. The number of nitrogens with zero attached hydrogens (tertiary/aromatic N) is 2. The van der Waals surface area contributed by atoms with Crippen LogP contribution in [0.4, 0.5) is 4.39 Å². The molecule has 1 heterocycles. The number of alkyl halides is 1. The van der Waals surface area contributed by atoms with Crippen molar-refractivity contribution in [1.29, 1.82) is 0 Å². The molecule has 0 bridgehead atoms. The average molecular weight is 323 g/mol. The maximum absolute atomic E-state index is 13.6. The average Bonchev–Trinajstić information content (AvgIpc) is 2.77. The highest BCUT2D eigenvalue weighted by molar-refractivity contribution is 6.31. The van der Waals surface area contributed by atoms with Gasteiger partial charge in [-0.05, 0) is 31.5 Å². The Bertz CT molecular complexity index is 840. The molecule has 0 N–H and O–H groups in total. The molecule has 0 unspecified atom stereocenters. The summed E-state index contributed by atoms with van der Waals surface area (Å²) in [5.41, 5.74) is 4.55. The standard InChI is InChI=1S/C16H13Cl2FN2/c1-9-3-4-14(10(2)5-9)21-15-6-11(18)12(19)7-13(15)20-16(21)8-17/h3-7H,8H2,1-2H3. The molecule has 2 aromatic carbocycles. The summed E-state index contributed by atoms with van der Waals surface area (Å²) in [5.74, 6) is 0.428. The maximum Gasteiger partial charge on any atom is 0.144 e. The van der Waals surface area contributed by atoms with Gasteiger partial charge in [-0.15, -0.1) is 11.6 Å². The molecule has 21 heavy (non-hydrogen) atoms. The lowest BCUT2D eigenvalue weighted by Gasteiger charge is -2.12. The van der Waals surface area contributed by atoms with E-state index in [2.05, 4.69) is 11.1 Å². The molecule has 0 saturated carbocycles. The molecule has 0 atom stereocenters. The Morgan fingerprint density at radius 1 is 1.19 bits per heavy atom. The van der Waals surface area contributed by atoms with Gasteiger partial charge in [-0.2, -0.15) is 0 Å². The highest BCUT2D eigenvalue weighted by atomic mass is 35.5. The van der Waals surface area contributed by atoms with Crippen LogP contribution in [-0.2, 0) is 5.88 Å². The minimum Gasteiger partial charge on any atom is -0.295 e. The van der Waals surface area contributed by atoms with Crippen LogP contribution in [0.25, 0.3) is 16.7 Å². The molecule has 1 aromatic heterocycles. The Kier molecular flexibility index (Phi) is 3.64. The van der Waals surface area contributed by atoms with Crippen LogP contribution in [0.2, 0.25) is 5.02 Å². The first-order valence-electron chi connectivity index (χ1n) is 6.51.